The molecule has 1 N–H and O–H groups in total. The van der Waals surface area contributed by atoms with Crippen molar-refractivity contribution in [3.63, 3.8) is 0 Å². The van der Waals surface area contributed by atoms with Crippen LogP contribution in [-0.4, -0.2) is 34.5 Å². The Morgan fingerprint density at radius 2 is 1.74 bits per heavy atom. The van der Waals surface area contributed by atoms with Crippen molar-refractivity contribution in [3.8, 4) is 5.75 Å². The van der Waals surface area contributed by atoms with E-state index in [1.54, 1.807) is 60.7 Å². The van der Waals surface area contributed by atoms with Crippen molar-refractivity contribution < 1.29 is 23.9 Å². The molecule has 0 unspecified atom stereocenters. The number of imide groups is 1. The number of benzene rings is 3. The predicted octanol–water partition coefficient (Wildman–Crippen LogP) is 6.00. The van der Waals surface area contributed by atoms with E-state index in [1.165, 1.54) is 18.2 Å². The number of carbonyl (C=O) groups excluding carboxylic acids is 4. The Hall–Kier alpha value is -3.40. The van der Waals surface area contributed by atoms with Crippen LogP contribution in [0, 0.1) is 0 Å². The molecular formula is C25H16BrClN2O5S. The van der Waals surface area contributed by atoms with Crippen LogP contribution in [0.5, 0.6) is 5.75 Å². The Bertz CT molecular complexity index is 1350. The summed E-state index contributed by atoms with van der Waals surface area (Å²) in [6.07, 6.45) is 1.45. The van der Waals surface area contributed by atoms with Crippen molar-refractivity contribution >= 4 is 74.1 Å². The molecule has 0 spiro atoms. The summed E-state index contributed by atoms with van der Waals surface area (Å²) in [6, 6.07) is 19.8. The lowest BCUT2D eigenvalue weighted by atomic mass is 10.1. The number of nitrogens with zero attached hydrogens (tertiary/aromatic N) is 1. The van der Waals surface area contributed by atoms with Crippen LogP contribution in [0.3, 0.4) is 0 Å². The van der Waals surface area contributed by atoms with Crippen LogP contribution in [0.15, 0.2) is 82.2 Å². The highest BCUT2D eigenvalue weighted by molar-refractivity contribution is 9.10. The van der Waals surface area contributed by atoms with E-state index in [-0.39, 0.29) is 10.7 Å². The van der Waals surface area contributed by atoms with E-state index in [0.29, 0.717) is 38.1 Å². The number of thioether (sulfide) groups is 1. The van der Waals surface area contributed by atoms with Gasteiger partial charge in [0, 0.05) is 20.7 Å². The number of anilines is 1. The minimum absolute atomic E-state index is 0.101. The number of hydrogen-bond donors (Lipinski definition) is 1. The molecule has 0 aromatic heterocycles. The third kappa shape index (κ3) is 6.19. The monoisotopic (exact) mass is 570 g/mol. The number of ether oxygens (including phenoxy) is 1. The van der Waals surface area contributed by atoms with Crippen LogP contribution in [-0.2, 0) is 9.59 Å². The first kappa shape index (κ1) is 24.7. The molecule has 3 amide bonds. The van der Waals surface area contributed by atoms with Crippen molar-refractivity contribution in [2.24, 2.45) is 0 Å². The van der Waals surface area contributed by atoms with Gasteiger partial charge < -0.3 is 10.1 Å². The number of para-hydroxylation sites is 1. The molecule has 0 saturated carbocycles. The average Bonchev–Trinajstić information content (AvgIpc) is 3.09. The van der Waals surface area contributed by atoms with Gasteiger partial charge in [0.1, 0.15) is 12.3 Å². The maximum Gasteiger partial charge on any atom is 0.343 e. The summed E-state index contributed by atoms with van der Waals surface area (Å²) in [5.41, 5.74) is 1.26. The molecular weight excluding hydrogens is 556 g/mol. The summed E-state index contributed by atoms with van der Waals surface area (Å²) in [5.74, 6) is -1.52. The minimum Gasteiger partial charge on any atom is -0.422 e. The number of esters is 1. The van der Waals surface area contributed by atoms with E-state index < -0.39 is 29.6 Å². The van der Waals surface area contributed by atoms with Crippen LogP contribution in [0.25, 0.3) is 6.08 Å². The van der Waals surface area contributed by atoms with Gasteiger partial charge in [0.05, 0.1) is 10.5 Å². The van der Waals surface area contributed by atoms with Crippen LogP contribution in [0.2, 0.25) is 5.02 Å². The zero-order valence-electron chi connectivity index (χ0n) is 17.9. The maximum absolute atomic E-state index is 12.9. The SMILES string of the molecule is O=C(CN1C(=O)S/C(=C\c2cc(Br)ccc2OC(=O)c2ccc(Cl)cc2)C1=O)Nc1ccccc1. The molecule has 176 valence electrons. The van der Waals surface area contributed by atoms with Crippen molar-refractivity contribution in [1.82, 2.24) is 4.90 Å². The molecule has 0 bridgehead atoms. The lowest BCUT2D eigenvalue weighted by Gasteiger charge is -2.12. The molecule has 1 heterocycles. The summed E-state index contributed by atoms with van der Waals surface area (Å²) in [4.78, 5) is 51.2. The third-order valence-corrected chi connectivity index (χ3v) is 6.43. The normalized spacial score (nSPS) is 14.3. The number of hydrogen-bond acceptors (Lipinski definition) is 6. The van der Waals surface area contributed by atoms with Gasteiger partial charge in [0.15, 0.2) is 0 Å². The quantitative estimate of drug-likeness (QED) is 0.222. The van der Waals surface area contributed by atoms with E-state index >= 15 is 0 Å². The Morgan fingerprint density at radius 1 is 1.03 bits per heavy atom. The second kappa shape index (κ2) is 10.9. The molecule has 7 nitrogen and oxygen atoms in total. The number of amides is 3. The fraction of sp³-hybridized carbons (Fsp3) is 0.0400. The fourth-order valence-electron chi connectivity index (χ4n) is 3.11. The van der Waals surface area contributed by atoms with E-state index in [1.807, 2.05) is 0 Å². The van der Waals surface area contributed by atoms with Gasteiger partial charge >= 0.3 is 5.97 Å². The average molecular weight is 572 g/mol. The first-order valence-electron chi connectivity index (χ1n) is 10.2. The highest BCUT2D eigenvalue weighted by Crippen LogP contribution is 2.35. The van der Waals surface area contributed by atoms with Gasteiger partial charge in [-0.2, -0.15) is 0 Å². The first-order chi connectivity index (χ1) is 16.8. The summed E-state index contributed by atoms with van der Waals surface area (Å²) < 4.78 is 6.20. The van der Waals surface area contributed by atoms with Gasteiger partial charge in [0.2, 0.25) is 5.91 Å². The predicted molar refractivity (Wildman–Crippen MR) is 138 cm³/mol. The van der Waals surface area contributed by atoms with E-state index in [9.17, 15) is 19.2 Å². The molecule has 1 aliphatic heterocycles. The number of nitrogens with one attached hydrogen (secondary N) is 1. The summed E-state index contributed by atoms with van der Waals surface area (Å²) >= 11 is 9.93. The van der Waals surface area contributed by atoms with Gasteiger partial charge in [-0.25, -0.2) is 4.79 Å². The van der Waals surface area contributed by atoms with Gasteiger partial charge in [0.25, 0.3) is 11.1 Å². The smallest absolute Gasteiger partial charge is 0.343 e. The summed E-state index contributed by atoms with van der Waals surface area (Å²) in [5, 5.41) is 2.56. The zero-order chi connectivity index (χ0) is 24.9. The topological polar surface area (TPSA) is 92.8 Å². The van der Waals surface area contributed by atoms with Gasteiger partial charge in [-0.15, -0.1) is 0 Å². The fourth-order valence-corrected chi connectivity index (χ4v) is 4.45. The molecule has 10 heteroatoms. The molecule has 1 fully saturated rings. The molecule has 3 aromatic carbocycles. The van der Waals surface area contributed by atoms with Gasteiger partial charge in [-0.1, -0.05) is 45.7 Å². The molecule has 0 aliphatic carbocycles. The second-order valence-corrected chi connectivity index (χ2v) is 9.61. The highest BCUT2D eigenvalue weighted by atomic mass is 79.9. The minimum atomic E-state index is -0.613. The second-order valence-electron chi connectivity index (χ2n) is 7.26. The highest BCUT2D eigenvalue weighted by Gasteiger charge is 2.36. The van der Waals surface area contributed by atoms with Gasteiger partial charge in [-0.3, -0.25) is 19.3 Å². The Balaban J connectivity index is 1.52. The van der Waals surface area contributed by atoms with Crippen LogP contribution < -0.4 is 10.1 Å². The number of carbonyl (C=O) groups is 4. The lowest BCUT2D eigenvalue weighted by Crippen LogP contribution is -2.36. The van der Waals surface area contributed by atoms with E-state index in [2.05, 4.69) is 21.2 Å². The Kier molecular flexibility index (Phi) is 7.70. The molecule has 35 heavy (non-hydrogen) atoms. The standard InChI is InChI=1S/C25H16BrClN2O5S/c26-17-8-11-20(34-24(32)15-6-9-18(27)10-7-15)16(12-17)13-21-23(31)29(25(33)35-21)14-22(30)28-19-4-2-1-3-5-19/h1-13H,14H2,(H,28,30)/b21-13-. The van der Waals surface area contributed by atoms with E-state index in [4.69, 9.17) is 16.3 Å². The summed E-state index contributed by atoms with van der Waals surface area (Å²) in [6.45, 7) is -0.423. The number of rotatable bonds is 6. The Morgan fingerprint density at radius 3 is 2.46 bits per heavy atom. The van der Waals surface area contributed by atoms with Crippen LogP contribution in [0.1, 0.15) is 15.9 Å². The molecule has 0 atom stereocenters. The molecule has 1 aliphatic rings. The lowest BCUT2D eigenvalue weighted by molar-refractivity contribution is -0.127. The van der Waals surface area contributed by atoms with Crippen molar-refractivity contribution in [3.05, 3.63) is 98.3 Å². The zero-order valence-corrected chi connectivity index (χ0v) is 21.0. The maximum atomic E-state index is 12.9. The first-order valence-corrected chi connectivity index (χ1v) is 12.2. The van der Waals surface area contributed by atoms with E-state index in [0.717, 1.165) is 4.90 Å². The van der Waals surface area contributed by atoms with Gasteiger partial charge in [-0.05, 0) is 72.4 Å². The Labute approximate surface area is 218 Å². The van der Waals surface area contributed by atoms with Crippen LogP contribution in [0.4, 0.5) is 10.5 Å². The largest absolute Gasteiger partial charge is 0.422 e. The third-order valence-electron chi connectivity index (χ3n) is 4.77. The molecule has 0 radical (unpaired) electrons. The number of halogens is 2. The summed E-state index contributed by atoms with van der Waals surface area (Å²) in [7, 11) is 0. The van der Waals surface area contributed by atoms with Crippen molar-refractivity contribution in [2.45, 2.75) is 0 Å². The molecule has 3 aromatic rings. The molecule has 1 saturated heterocycles. The van der Waals surface area contributed by atoms with Crippen LogP contribution >= 0.6 is 39.3 Å². The van der Waals surface area contributed by atoms with Crippen molar-refractivity contribution in [1.29, 1.82) is 0 Å². The molecule has 4 rings (SSSR count). The van der Waals surface area contributed by atoms with Crippen molar-refractivity contribution in [2.75, 3.05) is 11.9 Å².